The van der Waals surface area contributed by atoms with Crippen LogP contribution >= 0.6 is 0 Å². The molecule has 21 heavy (non-hydrogen) atoms. The monoisotopic (exact) mass is 268 g/mol. The van der Waals surface area contributed by atoms with E-state index in [4.69, 9.17) is 15.7 Å². The van der Waals surface area contributed by atoms with Gasteiger partial charge in [-0.15, -0.1) is 0 Å². The SMILES string of the molecule is [B]c1ccc(-c2ccc(-c3ccc([B])c(F)c3)cc2)cc1. The molecule has 0 aliphatic rings. The first-order chi connectivity index (χ1) is 10.1. The Labute approximate surface area is 126 Å². The average Bonchev–Trinajstić information content (AvgIpc) is 2.51. The van der Waals surface area contributed by atoms with Crippen LogP contribution in [0.15, 0.2) is 66.7 Å². The minimum Gasteiger partial charge on any atom is -0.208 e. The molecule has 96 valence electrons. The fourth-order valence-electron chi connectivity index (χ4n) is 2.24. The molecule has 0 nitrogen and oxygen atoms in total. The molecule has 0 saturated carbocycles. The van der Waals surface area contributed by atoms with Crippen LogP contribution in [-0.2, 0) is 0 Å². The van der Waals surface area contributed by atoms with Crippen LogP contribution in [0.4, 0.5) is 4.39 Å². The van der Waals surface area contributed by atoms with Gasteiger partial charge in [0.15, 0.2) is 0 Å². The van der Waals surface area contributed by atoms with Crippen molar-refractivity contribution in [1.82, 2.24) is 0 Å². The molecule has 0 aliphatic carbocycles. The van der Waals surface area contributed by atoms with Gasteiger partial charge in [-0.25, -0.2) is 4.39 Å². The van der Waals surface area contributed by atoms with Crippen molar-refractivity contribution in [3.63, 3.8) is 0 Å². The Balaban J connectivity index is 1.93. The highest BCUT2D eigenvalue weighted by Gasteiger charge is 2.03. The van der Waals surface area contributed by atoms with E-state index < -0.39 is 5.82 Å². The second-order valence-electron chi connectivity index (χ2n) is 4.94. The standard InChI is InChI=1S/C18H11B2F/c19-16-8-5-13(6-9-16)12-1-3-14(4-2-12)15-7-10-17(20)18(21)11-15/h1-11H. The Hall–Kier alpha value is -2.28. The van der Waals surface area contributed by atoms with Crippen molar-refractivity contribution in [3.05, 3.63) is 72.5 Å². The van der Waals surface area contributed by atoms with Crippen LogP contribution in [0.1, 0.15) is 0 Å². The summed E-state index contributed by atoms with van der Waals surface area (Å²) in [6.45, 7) is 0. The van der Waals surface area contributed by atoms with Gasteiger partial charge in [0.1, 0.15) is 21.5 Å². The van der Waals surface area contributed by atoms with Crippen molar-refractivity contribution in [1.29, 1.82) is 0 Å². The lowest BCUT2D eigenvalue weighted by molar-refractivity contribution is 0.636. The zero-order valence-electron chi connectivity index (χ0n) is 11.4. The maximum Gasteiger partial charge on any atom is 0.117 e. The van der Waals surface area contributed by atoms with E-state index in [9.17, 15) is 4.39 Å². The molecule has 0 bridgehead atoms. The summed E-state index contributed by atoms with van der Waals surface area (Å²) in [5.41, 5.74) is 4.86. The van der Waals surface area contributed by atoms with E-state index in [1.165, 1.54) is 6.07 Å². The minimum absolute atomic E-state index is 0.164. The molecule has 0 unspecified atom stereocenters. The van der Waals surface area contributed by atoms with E-state index in [2.05, 4.69) is 0 Å². The summed E-state index contributed by atoms with van der Waals surface area (Å²) in [6, 6.07) is 20.5. The van der Waals surface area contributed by atoms with Crippen molar-refractivity contribution in [3.8, 4) is 22.3 Å². The lowest BCUT2D eigenvalue weighted by atomic mass is 9.91. The fourth-order valence-corrected chi connectivity index (χ4v) is 2.24. The summed E-state index contributed by atoms with van der Waals surface area (Å²) in [4.78, 5) is 0. The molecule has 0 aliphatic heterocycles. The van der Waals surface area contributed by atoms with Gasteiger partial charge in [0.2, 0.25) is 0 Å². The molecule has 0 N–H and O–H groups in total. The van der Waals surface area contributed by atoms with Crippen molar-refractivity contribution in [2.24, 2.45) is 0 Å². The molecule has 3 heteroatoms. The molecule has 4 radical (unpaired) electrons. The molecule has 0 aromatic heterocycles. The van der Waals surface area contributed by atoms with E-state index in [1.54, 1.807) is 6.07 Å². The highest BCUT2D eigenvalue weighted by Crippen LogP contribution is 2.24. The van der Waals surface area contributed by atoms with Gasteiger partial charge in [-0.1, -0.05) is 71.6 Å². The Morgan fingerprint density at radius 1 is 0.571 bits per heavy atom. The molecule has 3 aromatic rings. The van der Waals surface area contributed by atoms with Crippen LogP contribution in [0, 0.1) is 5.82 Å². The second kappa shape index (κ2) is 5.61. The number of hydrogen-bond acceptors (Lipinski definition) is 0. The lowest BCUT2D eigenvalue weighted by Gasteiger charge is -2.07. The Bertz CT molecular complexity index is 762. The summed E-state index contributed by atoms with van der Waals surface area (Å²) in [7, 11) is 11.2. The summed E-state index contributed by atoms with van der Waals surface area (Å²) >= 11 is 0. The Morgan fingerprint density at radius 2 is 1.00 bits per heavy atom. The van der Waals surface area contributed by atoms with Crippen LogP contribution in [0.25, 0.3) is 22.3 Å². The van der Waals surface area contributed by atoms with Crippen molar-refractivity contribution in [2.45, 2.75) is 0 Å². The highest BCUT2D eigenvalue weighted by atomic mass is 19.1. The fraction of sp³-hybridized carbons (Fsp3) is 0. The molecule has 3 rings (SSSR count). The van der Waals surface area contributed by atoms with Crippen LogP contribution in [0.5, 0.6) is 0 Å². The molecule has 0 heterocycles. The van der Waals surface area contributed by atoms with E-state index >= 15 is 0 Å². The summed E-state index contributed by atoms with van der Waals surface area (Å²) < 4.78 is 13.5. The third kappa shape index (κ3) is 2.92. The maximum absolute atomic E-state index is 13.5. The van der Waals surface area contributed by atoms with Crippen molar-refractivity contribution in [2.75, 3.05) is 0 Å². The van der Waals surface area contributed by atoms with Crippen molar-refractivity contribution < 1.29 is 4.39 Å². The van der Waals surface area contributed by atoms with Gasteiger partial charge in [-0.2, -0.15) is 0 Å². The third-order valence-corrected chi connectivity index (χ3v) is 3.46. The molecular formula is C18H11B2F. The van der Waals surface area contributed by atoms with E-state index in [1.807, 2.05) is 54.6 Å². The summed E-state index contributed by atoms with van der Waals surface area (Å²) in [5, 5.41) is 0. The van der Waals surface area contributed by atoms with Crippen LogP contribution < -0.4 is 10.9 Å². The van der Waals surface area contributed by atoms with Gasteiger partial charge in [-0.3, -0.25) is 0 Å². The van der Waals surface area contributed by atoms with Gasteiger partial charge >= 0.3 is 0 Å². The van der Waals surface area contributed by atoms with Gasteiger partial charge < -0.3 is 0 Å². The predicted molar refractivity (Wildman–Crippen MR) is 88.0 cm³/mol. The lowest BCUT2D eigenvalue weighted by Crippen LogP contribution is -2.07. The predicted octanol–water partition coefficient (Wildman–Crippen LogP) is 2.75. The highest BCUT2D eigenvalue weighted by molar-refractivity contribution is 6.32. The first-order valence-corrected chi connectivity index (χ1v) is 6.65. The quantitative estimate of drug-likeness (QED) is 0.627. The van der Waals surface area contributed by atoms with Gasteiger partial charge in [0.25, 0.3) is 0 Å². The summed E-state index contributed by atoms with van der Waals surface area (Å²) in [6.07, 6.45) is 0. The van der Waals surface area contributed by atoms with E-state index in [0.717, 1.165) is 27.7 Å². The molecule has 0 atom stereocenters. The zero-order chi connectivity index (χ0) is 14.8. The number of rotatable bonds is 2. The van der Waals surface area contributed by atoms with Gasteiger partial charge in [0.05, 0.1) is 0 Å². The Morgan fingerprint density at radius 3 is 1.52 bits per heavy atom. The topological polar surface area (TPSA) is 0 Å². The first kappa shape index (κ1) is 13.7. The second-order valence-corrected chi connectivity index (χ2v) is 4.94. The number of hydrogen-bond donors (Lipinski definition) is 0. The molecule has 0 amide bonds. The molecule has 0 saturated heterocycles. The van der Waals surface area contributed by atoms with E-state index in [-0.39, 0.29) is 5.46 Å². The van der Waals surface area contributed by atoms with E-state index in [0.29, 0.717) is 0 Å². The average molecular weight is 268 g/mol. The van der Waals surface area contributed by atoms with Gasteiger partial charge in [-0.05, 0) is 28.3 Å². The van der Waals surface area contributed by atoms with Crippen LogP contribution in [0.3, 0.4) is 0 Å². The normalized spacial score (nSPS) is 10.5. The molecule has 3 aromatic carbocycles. The Kier molecular flexibility index (Phi) is 3.66. The molecule has 0 spiro atoms. The summed E-state index contributed by atoms with van der Waals surface area (Å²) in [5.74, 6) is -0.393. The smallest absolute Gasteiger partial charge is 0.117 e. The zero-order valence-corrected chi connectivity index (χ0v) is 11.4. The minimum atomic E-state index is -0.393. The molecule has 0 fully saturated rings. The van der Waals surface area contributed by atoms with Gasteiger partial charge in [0, 0.05) is 0 Å². The van der Waals surface area contributed by atoms with Crippen LogP contribution in [0.2, 0.25) is 0 Å². The largest absolute Gasteiger partial charge is 0.208 e. The first-order valence-electron chi connectivity index (χ1n) is 6.65. The van der Waals surface area contributed by atoms with Crippen molar-refractivity contribution >= 4 is 26.6 Å². The third-order valence-electron chi connectivity index (χ3n) is 3.46. The van der Waals surface area contributed by atoms with Crippen LogP contribution in [-0.4, -0.2) is 15.7 Å². The number of halogens is 1. The molecular weight excluding hydrogens is 257 g/mol. The number of benzene rings is 3. The maximum atomic E-state index is 13.5.